The van der Waals surface area contributed by atoms with Crippen LogP contribution >= 0.6 is 12.6 Å². The van der Waals surface area contributed by atoms with Crippen molar-refractivity contribution >= 4 is 43.3 Å². The Bertz CT molecular complexity index is 1610. The third-order valence-electron chi connectivity index (χ3n) is 6.36. The van der Waals surface area contributed by atoms with Crippen LogP contribution in [-0.4, -0.2) is 38.8 Å². The summed E-state index contributed by atoms with van der Waals surface area (Å²) in [5.41, 5.74) is 3.00. The predicted octanol–water partition coefficient (Wildman–Crippen LogP) is 5.26. The molecule has 0 radical (unpaired) electrons. The van der Waals surface area contributed by atoms with Crippen LogP contribution < -0.4 is 0 Å². The van der Waals surface area contributed by atoms with E-state index in [2.05, 4.69) is 0 Å². The molecule has 9 heteroatoms. The van der Waals surface area contributed by atoms with Gasteiger partial charge >= 0.3 is 0 Å². The lowest BCUT2D eigenvalue weighted by Crippen LogP contribution is -2.45. The molecule has 0 aliphatic carbocycles. The van der Waals surface area contributed by atoms with Gasteiger partial charge in [0.15, 0.2) is 9.84 Å². The molecule has 0 fully saturated rings. The number of nitrogens with zero attached hydrogens (tertiary/aromatic N) is 1. The van der Waals surface area contributed by atoms with Crippen LogP contribution in [-0.2, 0) is 29.4 Å². The fourth-order valence-corrected chi connectivity index (χ4v) is 7.26. The molecule has 1 aliphatic rings. The lowest BCUT2D eigenvalue weighted by molar-refractivity contribution is -0.123. The van der Waals surface area contributed by atoms with Crippen molar-refractivity contribution < 1.29 is 21.6 Å². The van der Waals surface area contributed by atoms with Gasteiger partial charge < -0.3 is 0 Å². The minimum absolute atomic E-state index is 0.0134. The molecule has 0 bridgehead atoms. The van der Waals surface area contributed by atoms with Crippen LogP contribution in [0.4, 0.5) is 0 Å². The SMILES string of the molecule is CC(S)(c1ccc(C2=CC(=O)N(C(C)(C)C)S2(=O)=O)cc1)c1ccc(-c2cccc(S(C)(=O)=O)c2)cc1. The topological polar surface area (TPSA) is 88.6 Å². The molecule has 1 amide bonds. The van der Waals surface area contributed by atoms with E-state index in [9.17, 15) is 21.6 Å². The molecule has 0 N–H and O–H groups in total. The zero-order valence-electron chi connectivity index (χ0n) is 21.3. The van der Waals surface area contributed by atoms with Crippen molar-refractivity contribution in [3.63, 3.8) is 0 Å². The lowest BCUT2D eigenvalue weighted by atomic mass is 9.90. The number of sulfone groups is 1. The van der Waals surface area contributed by atoms with Gasteiger partial charge in [-0.2, -0.15) is 12.6 Å². The summed E-state index contributed by atoms with van der Waals surface area (Å²) in [6.07, 6.45) is 2.36. The van der Waals surface area contributed by atoms with Gasteiger partial charge in [0.1, 0.15) is 4.91 Å². The molecule has 1 unspecified atom stereocenters. The summed E-state index contributed by atoms with van der Waals surface area (Å²) in [6, 6.07) is 21.5. The highest BCUT2D eigenvalue weighted by Gasteiger charge is 2.44. The molecule has 4 rings (SSSR count). The van der Waals surface area contributed by atoms with Gasteiger partial charge in [-0.1, -0.05) is 60.7 Å². The fourth-order valence-electron chi connectivity index (χ4n) is 4.40. The smallest absolute Gasteiger partial charge is 0.268 e. The van der Waals surface area contributed by atoms with Gasteiger partial charge in [-0.15, -0.1) is 0 Å². The van der Waals surface area contributed by atoms with Gasteiger partial charge in [0.05, 0.1) is 15.2 Å². The molecule has 194 valence electrons. The maximum absolute atomic E-state index is 13.1. The molecule has 3 aromatic carbocycles. The maximum atomic E-state index is 13.1. The average Bonchev–Trinajstić information content (AvgIpc) is 3.07. The normalized spacial score (nSPS) is 17.4. The molecular weight excluding hydrogens is 527 g/mol. The van der Waals surface area contributed by atoms with Crippen molar-refractivity contribution in [3.8, 4) is 11.1 Å². The van der Waals surface area contributed by atoms with Crippen LogP contribution in [0.15, 0.2) is 83.8 Å². The molecule has 0 aromatic heterocycles. The molecule has 1 aliphatic heterocycles. The van der Waals surface area contributed by atoms with E-state index in [0.29, 0.717) is 5.56 Å². The number of hydrogen-bond acceptors (Lipinski definition) is 6. The molecular formula is C28H29NO5S3. The summed E-state index contributed by atoms with van der Waals surface area (Å²) in [4.78, 5) is 12.7. The Hall–Kier alpha value is -2.88. The van der Waals surface area contributed by atoms with E-state index in [1.54, 1.807) is 51.1 Å². The van der Waals surface area contributed by atoms with Crippen LogP contribution in [0, 0.1) is 0 Å². The van der Waals surface area contributed by atoms with Crippen molar-refractivity contribution in [1.29, 1.82) is 0 Å². The van der Waals surface area contributed by atoms with Gasteiger partial charge in [-0.05, 0) is 67.6 Å². The van der Waals surface area contributed by atoms with Gasteiger partial charge in [0.25, 0.3) is 15.9 Å². The zero-order valence-corrected chi connectivity index (χ0v) is 23.8. The minimum Gasteiger partial charge on any atom is -0.269 e. The van der Waals surface area contributed by atoms with Gasteiger partial charge in [0.2, 0.25) is 0 Å². The largest absolute Gasteiger partial charge is 0.269 e. The monoisotopic (exact) mass is 555 g/mol. The number of carbonyl (C=O) groups excluding carboxylic acids is 1. The number of carbonyl (C=O) groups is 1. The van der Waals surface area contributed by atoms with Crippen molar-refractivity contribution in [3.05, 3.63) is 95.6 Å². The molecule has 0 spiro atoms. The number of amides is 1. The number of hydrogen-bond donors (Lipinski definition) is 1. The van der Waals surface area contributed by atoms with Crippen LogP contribution in [0.1, 0.15) is 44.4 Å². The second kappa shape index (κ2) is 9.15. The summed E-state index contributed by atoms with van der Waals surface area (Å²) in [5, 5.41) is 0. The highest BCUT2D eigenvalue weighted by atomic mass is 32.2. The van der Waals surface area contributed by atoms with Crippen molar-refractivity contribution in [2.75, 3.05) is 6.26 Å². The second-order valence-corrected chi connectivity index (χ2v) is 15.0. The van der Waals surface area contributed by atoms with E-state index in [1.165, 1.54) is 12.3 Å². The standard InChI is InChI=1S/C28H29NO5S3/c1-27(2,3)29-26(30)18-25(37(29,33)34)20-11-15-23(16-12-20)28(4,35)22-13-9-19(10-14-22)21-7-6-8-24(17-21)36(5,31)32/h6-18,35H,1-5H3. The molecule has 0 saturated heterocycles. The molecule has 0 saturated carbocycles. The number of sulfonamides is 1. The Labute approximate surface area is 224 Å². The number of thiol groups is 1. The highest BCUT2D eigenvalue weighted by molar-refractivity contribution is 7.99. The predicted molar refractivity (Wildman–Crippen MR) is 150 cm³/mol. The summed E-state index contributed by atoms with van der Waals surface area (Å²) >= 11 is 4.91. The Morgan fingerprint density at radius 2 is 1.30 bits per heavy atom. The number of rotatable bonds is 5. The van der Waals surface area contributed by atoms with E-state index in [4.69, 9.17) is 12.6 Å². The quantitative estimate of drug-likeness (QED) is 0.434. The Kier molecular flexibility index (Phi) is 6.72. The summed E-state index contributed by atoms with van der Waals surface area (Å²) in [6.45, 7) is 6.99. The first-order valence-corrected chi connectivity index (χ1v) is 15.4. The summed E-state index contributed by atoms with van der Waals surface area (Å²) in [5.74, 6) is -0.548. The number of benzene rings is 3. The van der Waals surface area contributed by atoms with Gasteiger partial charge in [-0.25, -0.2) is 21.1 Å². The van der Waals surface area contributed by atoms with Crippen LogP contribution in [0.2, 0.25) is 0 Å². The van der Waals surface area contributed by atoms with Crippen molar-refractivity contribution in [1.82, 2.24) is 4.31 Å². The minimum atomic E-state index is -3.94. The third kappa shape index (κ3) is 5.12. The Balaban J connectivity index is 1.61. The van der Waals surface area contributed by atoms with E-state index < -0.39 is 36.1 Å². The maximum Gasteiger partial charge on any atom is 0.268 e. The third-order valence-corrected chi connectivity index (χ3v) is 10.1. The molecule has 6 nitrogen and oxygen atoms in total. The zero-order chi connectivity index (χ0) is 27.4. The fraction of sp³-hybridized carbons (Fsp3) is 0.250. The summed E-state index contributed by atoms with van der Waals surface area (Å²) < 4.78 is 50.2. The van der Waals surface area contributed by atoms with Crippen molar-refractivity contribution in [2.45, 2.75) is 42.9 Å². The van der Waals surface area contributed by atoms with E-state index in [-0.39, 0.29) is 9.80 Å². The summed E-state index contributed by atoms with van der Waals surface area (Å²) in [7, 11) is -7.25. The first-order chi connectivity index (χ1) is 17.0. The van der Waals surface area contributed by atoms with E-state index in [1.807, 2.05) is 49.4 Å². The van der Waals surface area contributed by atoms with Gasteiger partial charge in [0, 0.05) is 12.3 Å². The lowest BCUT2D eigenvalue weighted by Gasteiger charge is -2.30. The Morgan fingerprint density at radius 1 is 0.784 bits per heavy atom. The van der Waals surface area contributed by atoms with E-state index in [0.717, 1.165) is 26.6 Å². The van der Waals surface area contributed by atoms with Gasteiger partial charge in [-0.3, -0.25) is 4.79 Å². The van der Waals surface area contributed by atoms with E-state index >= 15 is 0 Å². The molecule has 1 atom stereocenters. The first kappa shape index (κ1) is 27.2. The van der Waals surface area contributed by atoms with Crippen LogP contribution in [0.25, 0.3) is 16.0 Å². The molecule has 3 aromatic rings. The highest BCUT2D eigenvalue weighted by Crippen LogP contribution is 2.39. The average molecular weight is 556 g/mol. The van der Waals surface area contributed by atoms with Crippen molar-refractivity contribution in [2.24, 2.45) is 0 Å². The molecule has 37 heavy (non-hydrogen) atoms. The molecule has 1 heterocycles. The first-order valence-electron chi connectivity index (χ1n) is 11.6. The Morgan fingerprint density at radius 3 is 1.76 bits per heavy atom. The second-order valence-electron chi connectivity index (χ2n) is 10.3. The van der Waals surface area contributed by atoms with Crippen LogP contribution in [0.5, 0.6) is 0 Å². The van der Waals surface area contributed by atoms with Crippen LogP contribution in [0.3, 0.4) is 0 Å².